The van der Waals surface area contributed by atoms with Crippen molar-refractivity contribution in [3.8, 4) is 5.88 Å². The molecule has 0 saturated carbocycles. The van der Waals surface area contributed by atoms with Gasteiger partial charge in [0.2, 0.25) is 5.88 Å². The first-order valence-corrected chi connectivity index (χ1v) is 13.2. The maximum Gasteiger partial charge on any atom is 0.419 e. The molecule has 1 amide bonds. The summed E-state index contributed by atoms with van der Waals surface area (Å²) in [6.45, 7) is 6.17. The summed E-state index contributed by atoms with van der Waals surface area (Å²) in [7, 11) is 1.49. The number of aromatic nitrogens is 3. The van der Waals surface area contributed by atoms with Crippen LogP contribution in [0.4, 0.5) is 29.1 Å². The van der Waals surface area contributed by atoms with Crippen molar-refractivity contribution in [3.05, 3.63) is 47.0 Å². The third-order valence-electron chi connectivity index (χ3n) is 7.12. The lowest BCUT2D eigenvalue weighted by Crippen LogP contribution is -2.53. The minimum absolute atomic E-state index is 0.112. The Morgan fingerprint density at radius 3 is 2.56 bits per heavy atom. The van der Waals surface area contributed by atoms with Crippen molar-refractivity contribution in [1.29, 1.82) is 0 Å². The number of hydrogen-bond donors (Lipinski definition) is 1. The Morgan fingerprint density at radius 2 is 1.90 bits per heavy atom. The Labute approximate surface area is 233 Å². The number of amides is 1. The summed E-state index contributed by atoms with van der Waals surface area (Å²) in [4.78, 5) is 30.0. The van der Waals surface area contributed by atoms with Gasteiger partial charge in [-0.1, -0.05) is 12.1 Å². The zero-order valence-corrected chi connectivity index (χ0v) is 22.8. The smallest absolute Gasteiger partial charge is 0.419 e. The molecule has 2 atom stereocenters. The molecule has 5 rings (SSSR count). The molecule has 0 radical (unpaired) electrons. The van der Waals surface area contributed by atoms with E-state index in [9.17, 15) is 22.4 Å². The number of piperazine rings is 1. The standard InChI is InChI=1S/C27H30F4N6O4/c1-15(17-5-4-6-19(22(17)28)27(29,30)31)32-23-18-13-20(25(39-3)35-24(18)34-16(2)33-23)36-7-9-37(10-8-36)26(38)21-14-40-11-12-41-21/h4-6,13,15,21H,7-12,14H2,1-3H3,(H,32,33,34,35)/t15-,21?/m1/s1. The van der Waals surface area contributed by atoms with E-state index in [0.29, 0.717) is 73.9 Å². The van der Waals surface area contributed by atoms with Gasteiger partial charge >= 0.3 is 6.18 Å². The van der Waals surface area contributed by atoms with E-state index >= 15 is 0 Å². The number of hydrogen-bond acceptors (Lipinski definition) is 9. The second kappa shape index (κ2) is 11.6. The molecule has 14 heteroatoms. The maximum atomic E-state index is 14.9. The highest BCUT2D eigenvalue weighted by Crippen LogP contribution is 2.36. The summed E-state index contributed by atoms with van der Waals surface area (Å²) in [6.07, 6.45) is -5.43. The molecule has 2 aliphatic rings. The summed E-state index contributed by atoms with van der Waals surface area (Å²) < 4.78 is 71.2. The predicted molar refractivity (Wildman–Crippen MR) is 141 cm³/mol. The lowest BCUT2D eigenvalue weighted by atomic mass is 10.0. The lowest BCUT2D eigenvalue weighted by Gasteiger charge is -2.38. The zero-order valence-electron chi connectivity index (χ0n) is 22.8. The predicted octanol–water partition coefficient (Wildman–Crippen LogP) is 3.74. The van der Waals surface area contributed by atoms with E-state index in [1.54, 1.807) is 24.8 Å². The number of anilines is 2. The average molecular weight is 579 g/mol. The number of alkyl halides is 3. The van der Waals surface area contributed by atoms with Crippen LogP contribution in [0.1, 0.15) is 29.9 Å². The number of methoxy groups -OCH3 is 1. The van der Waals surface area contributed by atoms with Crippen LogP contribution in [0, 0.1) is 12.7 Å². The van der Waals surface area contributed by atoms with Crippen molar-refractivity contribution in [1.82, 2.24) is 19.9 Å². The first-order chi connectivity index (χ1) is 19.6. The van der Waals surface area contributed by atoms with Crippen LogP contribution in [0.15, 0.2) is 24.3 Å². The number of pyridine rings is 1. The molecule has 0 aliphatic carbocycles. The summed E-state index contributed by atoms with van der Waals surface area (Å²) in [6, 6.07) is 4.11. The number of carbonyl (C=O) groups excluding carboxylic acids is 1. The topological polar surface area (TPSA) is 102 Å². The minimum Gasteiger partial charge on any atom is -0.479 e. The first kappa shape index (κ1) is 28.7. The second-order valence-electron chi connectivity index (χ2n) is 9.83. The van der Waals surface area contributed by atoms with Crippen LogP contribution in [0.5, 0.6) is 5.88 Å². The van der Waals surface area contributed by atoms with Gasteiger partial charge in [0.05, 0.1) is 43.9 Å². The number of rotatable bonds is 6. The van der Waals surface area contributed by atoms with Crippen LogP contribution in [0.2, 0.25) is 0 Å². The van der Waals surface area contributed by atoms with E-state index in [2.05, 4.69) is 20.3 Å². The normalized spacial score (nSPS) is 18.9. The molecular weight excluding hydrogens is 548 g/mol. The highest BCUT2D eigenvalue weighted by Gasteiger charge is 2.36. The second-order valence-corrected chi connectivity index (χ2v) is 9.83. The monoisotopic (exact) mass is 578 g/mol. The summed E-state index contributed by atoms with van der Waals surface area (Å²) in [5.41, 5.74) is -0.543. The number of nitrogens with zero attached hydrogens (tertiary/aromatic N) is 5. The van der Waals surface area contributed by atoms with Crippen molar-refractivity contribution in [3.63, 3.8) is 0 Å². The third kappa shape index (κ3) is 5.98. The summed E-state index contributed by atoms with van der Waals surface area (Å²) in [5, 5.41) is 3.53. The Kier molecular flexibility index (Phi) is 8.13. The highest BCUT2D eigenvalue weighted by atomic mass is 19.4. The maximum absolute atomic E-state index is 14.9. The van der Waals surface area contributed by atoms with Gasteiger partial charge in [0.15, 0.2) is 11.8 Å². The molecular formula is C27H30F4N6O4. The van der Waals surface area contributed by atoms with Gasteiger partial charge in [-0.2, -0.15) is 18.2 Å². The molecule has 2 saturated heterocycles. The number of fused-ring (bicyclic) bond motifs is 1. The van der Waals surface area contributed by atoms with Crippen molar-refractivity contribution < 1.29 is 36.6 Å². The van der Waals surface area contributed by atoms with Crippen LogP contribution in [-0.4, -0.2) is 85.0 Å². The van der Waals surface area contributed by atoms with E-state index in [4.69, 9.17) is 14.2 Å². The Hall–Kier alpha value is -3.78. The molecule has 2 aliphatic heterocycles. The molecule has 2 fully saturated rings. The largest absolute Gasteiger partial charge is 0.479 e. The van der Waals surface area contributed by atoms with Gasteiger partial charge < -0.3 is 29.3 Å². The van der Waals surface area contributed by atoms with Crippen molar-refractivity contribution in [2.45, 2.75) is 32.2 Å². The van der Waals surface area contributed by atoms with E-state index in [-0.39, 0.29) is 23.9 Å². The molecule has 2 aromatic heterocycles. The van der Waals surface area contributed by atoms with Crippen LogP contribution in [0.3, 0.4) is 0 Å². The van der Waals surface area contributed by atoms with E-state index in [1.165, 1.54) is 19.2 Å². The average Bonchev–Trinajstić information content (AvgIpc) is 2.96. The molecule has 10 nitrogen and oxygen atoms in total. The minimum atomic E-state index is -4.82. The van der Waals surface area contributed by atoms with E-state index in [1.807, 2.05) is 4.90 Å². The SMILES string of the molecule is COc1nc2nc(C)nc(N[C@H](C)c3cccc(C(F)(F)F)c3F)c2cc1N1CCN(C(=O)C2COCCO2)CC1. The van der Waals surface area contributed by atoms with Crippen LogP contribution in [0.25, 0.3) is 11.0 Å². The van der Waals surface area contributed by atoms with Crippen LogP contribution < -0.4 is 15.0 Å². The number of ether oxygens (including phenoxy) is 3. The quantitative estimate of drug-likeness (QED) is 0.439. The molecule has 1 aromatic carbocycles. The van der Waals surface area contributed by atoms with E-state index < -0.39 is 29.7 Å². The number of benzene rings is 1. The zero-order chi connectivity index (χ0) is 29.3. The fourth-order valence-corrected chi connectivity index (χ4v) is 5.01. The summed E-state index contributed by atoms with van der Waals surface area (Å²) >= 11 is 0. The van der Waals surface area contributed by atoms with Gasteiger partial charge in [-0.3, -0.25) is 4.79 Å². The van der Waals surface area contributed by atoms with Crippen molar-refractivity contribution in [2.75, 3.05) is 63.3 Å². The van der Waals surface area contributed by atoms with Gasteiger partial charge in [0, 0.05) is 31.7 Å². The molecule has 41 heavy (non-hydrogen) atoms. The Morgan fingerprint density at radius 1 is 1.15 bits per heavy atom. The van der Waals surface area contributed by atoms with Gasteiger partial charge in [-0.25, -0.2) is 14.4 Å². The number of aryl methyl sites for hydroxylation is 1. The van der Waals surface area contributed by atoms with Gasteiger partial charge in [0.1, 0.15) is 23.1 Å². The van der Waals surface area contributed by atoms with Crippen LogP contribution >= 0.6 is 0 Å². The molecule has 0 bridgehead atoms. The highest BCUT2D eigenvalue weighted by molar-refractivity contribution is 5.91. The Balaban J connectivity index is 1.41. The number of nitrogens with one attached hydrogen (secondary N) is 1. The summed E-state index contributed by atoms with van der Waals surface area (Å²) in [5.74, 6) is -0.480. The first-order valence-electron chi connectivity index (χ1n) is 13.2. The number of carbonyl (C=O) groups is 1. The van der Waals surface area contributed by atoms with E-state index in [0.717, 1.165) is 0 Å². The van der Waals surface area contributed by atoms with Crippen molar-refractivity contribution >= 4 is 28.4 Å². The fourth-order valence-electron chi connectivity index (χ4n) is 5.01. The number of halogens is 4. The molecule has 1 N–H and O–H groups in total. The van der Waals surface area contributed by atoms with Gasteiger partial charge in [-0.15, -0.1) is 0 Å². The molecule has 220 valence electrons. The lowest BCUT2D eigenvalue weighted by molar-refractivity contribution is -0.158. The Bertz CT molecular complexity index is 1430. The third-order valence-corrected chi connectivity index (χ3v) is 7.12. The fraction of sp³-hybridized carbons (Fsp3) is 0.481. The molecule has 1 unspecified atom stereocenters. The van der Waals surface area contributed by atoms with Crippen molar-refractivity contribution in [2.24, 2.45) is 0 Å². The van der Waals surface area contributed by atoms with Gasteiger partial charge in [-0.05, 0) is 26.0 Å². The molecule has 4 heterocycles. The molecule has 0 spiro atoms. The van der Waals surface area contributed by atoms with Gasteiger partial charge in [0.25, 0.3) is 5.91 Å². The molecule has 3 aromatic rings. The van der Waals surface area contributed by atoms with Crippen LogP contribution in [-0.2, 0) is 20.4 Å².